The van der Waals surface area contributed by atoms with Crippen LogP contribution in [0.25, 0.3) is 0 Å². The normalized spacial score (nSPS) is 35.4. The van der Waals surface area contributed by atoms with Crippen LogP contribution in [0.5, 0.6) is 0 Å². The van der Waals surface area contributed by atoms with E-state index >= 15 is 0 Å². The third kappa shape index (κ3) is 3.69. The Morgan fingerprint density at radius 1 is 1.11 bits per heavy atom. The van der Waals surface area contributed by atoms with Gasteiger partial charge in [0.15, 0.2) is 0 Å². The first-order valence-electron chi connectivity index (χ1n) is 7.93. The summed E-state index contributed by atoms with van der Waals surface area (Å²) in [7, 11) is 0. The van der Waals surface area contributed by atoms with Crippen LogP contribution in [0, 0.1) is 0 Å². The fourth-order valence-corrected chi connectivity index (χ4v) is 3.54. The van der Waals surface area contributed by atoms with E-state index in [0.717, 1.165) is 58.7 Å². The lowest BCUT2D eigenvalue weighted by Crippen LogP contribution is -2.47. The molecule has 0 aromatic carbocycles. The van der Waals surface area contributed by atoms with Gasteiger partial charge >= 0.3 is 0 Å². The molecule has 0 radical (unpaired) electrons. The average molecular weight is 269 g/mol. The molecule has 0 saturated carbocycles. The first-order valence-corrected chi connectivity index (χ1v) is 7.93. The van der Waals surface area contributed by atoms with Crippen molar-refractivity contribution in [3.05, 3.63) is 0 Å². The second-order valence-corrected chi connectivity index (χ2v) is 6.24. The molecule has 3 fully saturated rings. The summed E-state index contributed by atoms with van der Waals surface area (Å²) < 4.78 is 17.7. The molecule has 3 rings (SSSR count). The smallest absolute Gasteiger partial charge is 0.0751 e. The highest BCUT2D eigenvalue weighted by Crippen LogP contribution is 2.35. The quantitative estimate of drug-likeness (QED) is 0.849. The molecule has 2 atom stereocenters. The van der Waals surface area contributed by atoms with Gasteiger partial charge in [0.1, 0.15) is 0 Å². The molecule has 110 valence electrons. The number of nitrogens with one attached hydrogen (secondary N) is 1. The molecule has 0 aliphatic carbocycles. The summed E-state index contributed by atoms with van der Waals surface area (Å²) >= 11 is 0. The summed E-state index contributed by atoms with van der Waals surface area (Å²) in [5.74, 6) is 0. The zero-order valence-electron chi connectivity index (χ0n) is 11.9. The van der Waals surface area contributed by atoms with Crippen molar-refractivity contribution in [1.82, 2.24) is 5.32 Å². The molecule has 0 bridgehead atoms. The lowest BCUT2D eigenvalue weighted by Gasteiger charge is -2.43. The van der Waals surface area contributed by atoms with E-state index in [-0.39, 0.29) is 5.60 Å². The van der Waals surface area contributed by atoms with Gasteiger partial charge in [-0.1, -0.05) is 6.42 Å². The Balaban J connectivity index is 1.45. The first-order chi connectivity index (χ1) is 9.36. The molecule has 0 amide bonds. The van der Waals surface area contributed by atoms with Crippen molar-refractivity contribution in [3.8, 4) is 0 Å². The summed E-state index contributed by atoms with van der Waals surface area (Å²) in [6.07, 6.45) is 8.49. The van der Waals surface area contributed by atoms with Crippen LogP contribution in [0.1, 0.15) is 44.9 Å². The molecule has 4 heteroatoms. The van der Waals surface area contributed by atoms with E-state index in [1.165, 1.54) is 19.3 Å². The lowest BCUT2D eigenvalue weighted by molar-refractivity contribution is -0.170. The van der Waals surface area contributed by atoms with Gasteiger partial charge in [0.05, 0.1) is 18.3 Å². The standard InChI is InChI=1S/C15H27NO3/c1-2-7-16-13(3-1)12-18-14-4-8-19-15(11-14)5-9-17-10-6-15/h13-14,16H,1-12H2. The van der Waals surface area contributed by atoms with Gasteiger partial charge in [-0.05, 0) is 38.6 Å². The maximum Gasteiger partial charge on any atom is 0.0751 e. The van der Waals surface area contributed by atoms with Crippen LogP contribution in [0.4, 0.5) is 0 Å². The fourth-order valence-electron chi connectivity index (χ4n) is 3.54. The van der Waals surface area contributed by atoms with E-state index in [1.807, 2.05) is 0 Å². The Hall–Kier alpha value is -0.160. The van der Waals surface area contributed by atoms with Crippen LogP contribution in [-0.4, -0.2) is 50.7 Å². The number of hydrogen-bond acceptors (Lipinski definition) is 4. The van der Waals surface area contributed by atoms with Gasteiger partial charge in [-0.2, -0.15) is 0 Å². The molecular formula is C15H27NO3. The maximum atomic E-state index is 6.17. The Labute approximate surface area is 116 Å². The van der Waals surface area contributed by atoms with Gasteiger partial charge in [-0.15, -0.1) is 0 Å². The van der Waals surface area contributed by atoms with Gasteiger partial charge in [0.25, 0.3) is 0 Å². The predicted molar refractivity (Wildman–Crippen MR) is 73.4 cm³/mol. The number of hydrogen-bond donors (Lipinski definition) is 1. The van der Waals surface area contributed by atoms with E-state index < -0.39 is 0 Å². The van der Waals surface area contributed by atoms with Crippen LogP contribution in [-0.2, 0) is 14.2 Å². The number of piperidine rings is 1. The Kier molecular flexibility index (Phi) is 4.74. The Morgan fingerprint density at radius 2 is 2.00 bits per heavy atom. The van der Waals surface area contributed by atoms with Gasteiger partial charge in [-0.3, -0.25) is 0 Å². The van der Waals surface area contributed by atoms with Crippen molar-refractivity contribution in [2.75, 3.05) is 33.0 Å². The van der Waals surface area contributed by atoms with Gasteiger partial charge in [-0.25, -0.2) is 0 Å². The minimum absolute atomic E-state index is 0.0567. The summed E-state index contributed by atoms with van der Waals surface area (Å²) in [6.45, 7) is 4.57. The highest BCUT2D eigenvalue weighted by Gasteiger charge is 2.39. The van der Waals surface area contributed by atoms with Crippen molar-refractivity contribution in [1.29, 1.82) is 0 Å². The van der Waals surface area contributed by atoms with Gasteiger partial charge < -0.3 is 19.5 Å². The molecule has 1 spiro atoms. The van der Waals surface area contributed by atoms with Crippen molar-refractivity contribution >= 4 is 0 Å². The van der Waals surface area contributed by atoms with Crippen LogP contribution in [0.2, 0.25) is 0 Å². The predicted octanol–water partition coefficient (Wildman–Crippen LogP) is 1.87. The molecule has 19 heavy (non-hydrogen) atoms. The molecule has 3 aliphatic heterocycles. The van der Waals surface area contributed by atoms with E-state index in [2.05, 4.69) is 5.32 Å². The van der Waals surface area contributed by atoms with Crippen molar-refractivity contribution in [2.45, 2.75) is 62.7 Å². The third-order valence-corrected chi connectivity index (χ3v) is 4.80. The highest BCUT2D eigenvalue weighted by atomic mass is 16.5. The highest BCUT2D eigenvalue weighted by molar-refractivity contribution is 4.89. The molecule has 3 heterocycles. The zero-order chi connectivity index (χ0) is 13.0. The summed E-state index contributed by atoms with van der Waals surface area (Å²) in [5.41, 5.74) is 0.0567. The molecule has 0 aromatic rings. The SMILES string of the molecule is C1CCC(COC2CCOC3(CCOCC3)C2)NC1. The van der Waals surface area contributed by atoms with Crippen LogP contribution >= 0.6 is 0 Å². The Morgan fingerprint density at radius 3 is 2.79 bits per heavy atom. The van der Waals surface area contributed by atoms with Crippen molar-refractivity contribution < 1.29 is 14.2 Å². The van der Waals surface area contributed by atoms with E-state index in [0.29, 0.717) is 12.1 Å². The second-order valence-electron chi connectivity index (χ2n) is 6.24. The topological polar surface area (TPSA) is 39.7 Å². The minimum atomic E-state index is 0.0567. The van der Waals surface area contributed by atoms with E-state index in [9.17, 15) is 0 Å². The minimum Gasteiger partial charge on any atom is -0.381 e. The fraction of sp³-hybridized carbons (Fsp3) is 1.00. The molecule has 3 aliphatic rings. The number of rotatable bonds is 3. The zero-order valence-corrected chi connectivity index (χ0v) is 11.9. The van der Waals surface area contributed by atoms with E-state index in [4.69, 9.17) is 14.2 Å². The van der Waals surface area contributed by atoms with Crippen LogP contribution < -0.4 is 5.32 Å². The lowest BCUT2D eigenvalue weighted by atomic mass is 9.85. The molecule has 2 unspecified atom stereocenters. The first kappa shape index (κ1) is 13.8. The average Bonchev–Trinajstić information content (AvgIpc) is 2.47. The summed E-state index contributed by atoms with van der Waals surface area (Å²) in [4.78, 5) is 0. The van der Waals surface area contributed by atoms with Crippen LogP contribution in [0.3, 0.4) is 0 Å². The van der Waals surface area contributed by atoms with Crippen LogP contribution in [0.15, 0.2) is 0 Å². The summed E-state index contributed by atoms with van der Waals surface area (Å²) in [5, 5.41) is 3.55. The van der Waals surface area contributed by atoms with E-state index in [1.54, 1.807) is 0 Å². The molecular weight excluding hydrogens is 242 g/mol. The monoisotopic (exact) mass is 269 g/mol. The number of ether oxygens (including phenoxy) is 3. The maximum absolute atomic E-state index is 6.17. The third-order valence-electron chi connectivity index (χ3n) is 4.80. The summed E-state index contributed by atoms with van der Waals surface area (Å²) in [6, 6.07) is 0.572. The second kappa shape index (κ2) is 6.53. The molecule has 4 nitrogen and oxygen atoms in total. The molecule has 3 saturated heterocycles. The van der Waals surface area contributed by atoms with Gasteiger partial charge in [0.2, 0.25) is 0 Å². The van der Waals surface area contributed by atoms with Crippen molar-refractivity contribution in [2.24, 2.45) is 0 Å². The molecule has 0 aromatic heterocycles. The largest absolute Gasteiger partial charge is 0.381 e. The molecule has 1 N–H and O–H groups in total. The van der Waals surface area contributed by atoms with Crippen molar-refractivity contribution in [3.63, 3.8) is 0 Å². The Bertz CT molecular complexity index is 267. The van der Waals surface area contributed by atoms with Gasteiger partial charge in [0, 0.05) is 32.3 Å².